The van der Waals surface area contributed by atoms with Gasteiger partial charge in [0.1, 0.15) is 0 Å². The first-order chi connectivity index (χ1) is 16.1. The zero-order valence-corrected chi connectivity index (χ0v) is 17.8. The van der Waals surface area contributed by atoms with E-state index >= 15 is 0 Å². The summed E-state index contributed by atoms with van der Waals surface area (Å²) in [5, 5.41) is 9.37. The molecule has 2 atom stereocenters. The van der Waals surface area contributed by atoms with E-state index in [4.69, 9.17) is 9.97 Å². The number of nitrogens with zero attached hydrogens (tertiary/aromatic N) is 2. The van der Waals surface area contributed by atoms with Crippen LogP contribution in [0.3, 0.4) is 0 Å². The minimum absolute atomic E-state index is 0.0637. The van der Waals surface area contributed by atoms with E-state index in [1.54, 1.807) is 0 Å². The number of H-pyrrole nitrogens is 2. The standard InChI is InChI=1S/C27H22N4O2/c32-27(33)17-3-1-16(2-4-17)26-24-11-9-22(30-24)14-20-7-5-18(28-20)13-19-6-8-21(29-19)15-23-10-12-25(26)31-23/h1,3,5-17,28-29H,2,4H2,(H,32,33). The van der Waals surface area contributed by atoms with Crippen LogP contribution in [0.4, 0.5) is 0 Å². The Labute approximate surface area is 190 Å². The second kappa shape index (κ2) is 7.74. The van der Waals surface area contributed by atoms with Gasteiger partial charge < -0.3 is 15.1 Å². The van der Waals surface area contributed by atoms with Crippen LogP contribution in [0.5, 0.6) is 0 Å². The van der Waals surface area contributed by atoms with Gasteiger partial charge in [-0.2, -0.15) is 0 Å². The molecule has 0 amide bonds. The van der Waals surface area contributed by atoms with Crippen molar-refractivity contribution < 1.29 is 9.90 Å². The highest BCUT2D eigenvalue weighted by molar-refractivity contribution is 5.80. The van der Waals surface area contributed by atoms with Gasteiger partial charge in [0, 0.05) is 33.5 Å². The summed E-state index contributed by atoms with van der Waals surface area (Å²) in [5.41, 5.74) is 8.50. The molecule has 0 spiro atoms. The summed E-state index contributed by atoms with van der Waals surface area (Å²) in [5.74, 6) is -1.14. The fraction of sp³-hybridized carbons (Fsp3) is 0.148. The molecule has 8 bridgehead atoms. The number of aromatic nitrogens is 4. The Bertz CT molecular complexity index is 1430. The van der Waals surface area contributed by atoms with E-state index in [1.165, 1.54) is 0 Å². The molecule has 162 valence electrons. The molecule has 3 aromatic heterocycles. The normalized spacial score (nSPS) is 19.2. The number of allylic oxidation sites excluding steroid dienone is 1. The number of rotatable bonds is 2. The summed E-state index contributed by atoms with van der Waals surface area (Å²) in [6.45, 7) is 0. The van der Waals surface area contributed by atoms with Crippen LogP contribution in [0, 0.1) is 5.92 Å². The fourth-order valence-electron chi connectivity index (χ4n) is 4.68. The van der Waals surface area contributed by atoms with Crippen molar-refractivity contribution >= 4 is 52.3 Å². The predicted octanol–water partition coefficient (Wildman–Crippen LogP) is 5.79. The quantitative estimate of drug-likeness (QED) is 0.307. The van der Waals surface area contributed by atoms with Crippen molar-refractivity contribution in [2.45, 2.75) is 18.8 Å². The lowest BCUT2D eigenvalue weighted by Gasteiger charge is -2.21. The maximum Gasteiger partial charge on any atom is 0.310 e. The first kappa shape index (κ1) is 19.5. The van der Waals surface area contributed by atoms with Crippen molar-refractivity contribution in [3.63, 3.8) is 0 Å². The van der Waals surface area contributed by atoms with Gasteiger partial charge in [-0.05, 0) is 79.6 Å². The minimum Gasteiger partial charge on any atom is -0.481 e. The number of hydrogen-bond acceptors (Lipinski definition) is 3. The number of hydrogen-bond donors (Lipinski definition) is 3. The van der Waals surface area contributed by atoms with Crippen molar-refractivity contribution in [1.29, 1.82) is 0 Å². The zero-order chi connectivity index (χ0) is 22.4. The van der Waals surface area contributed by atoms with Gasteiger partial charge in [-0.1, -0.05) is 12.2 Å². The molecule has 5 heterocycles. The molecule has 0 radical (unpaired) electrons. The van der Waals surface area contributed by atoms with Crippen molar-refractivity contribution in [2.75, 3.05) is 0 Å². The molecule has 0 fully saturated rings. The first-order valence-corrected chi connectivity index (χ1v) is 11.1. The third-order valence-corrected chi connectivity index (χ3v) is 6.31. The Balaban J connectivity index is 1.60. The molecule has 0 saturated heterocycles. The highest BCUT2D eigenvalue weighted by Crippen LogP contribution is 2.36. The average Bonchev–Trinajstić information content (AvgIpc) is 3.60. The lowest BCUT2D eigenvalue weighted by Crippen LogP contribution is -2.16. The van der Waals surface area contributed by atoms with Gasteiger partial charge in [0.2, 0.25) is 0 Å². The number of nitrogens with one attached hydrogen (secondary N) is 2. The second-order valence-corrected chi connectivity index (χ2v) is 8.61. The van der Waals surface area contributed by atoms with Crippen molar-refractivity contribution in [3.8, 4) is 0 Å². The van der Waals surface area contributed by atoms with Gasteiger partial charge in [0.25, 0.3) is 0 Å². The van der Waals surface area contributed by atoms with Gasteiger partial charge in [-0.3, -0.25) is 4.79 Å². The van der Waals surface area contributed by atoms with Crippen LogP contribution in [0.2, 0.25) is 0 Å². The lowest BCUT2D eigenvalue weighted by molar-refractivity contribution is -0.140. The first-order valence-electron chi connectivity index (χ1n) is 11.1. The molecule has 3 aliphatic rings. The van der Waals surface area contributed by atoms with E-state index in [2.05, 4.69) is 16.0 Å². The van der Waals surface area contributed by atoms with E-state index in [0.717, 1.165) is 56.8 Å². The minimum atomic E-state index is -0.771. The SMILES string of the molecule is O=C(O)C1C=CC(c2c3nc(cc4ccc(cc5ccc(cc6nc2C=C6)[nH]5)[nH]4)C=C3)CC1. The molecular weight excluding hydrogens is 412 g/mol. The number of carboxylic acids is 1. The van der Waals surface area contributed by atoms with Crippen LogP contribution >= 0.6 is 0 Å². The monoisotopic (exact) mass is 434 g/mol. The van der Waals surface area contributed by atoms with E-state index in [1.807, 2.05) is 72.9 Å². The van der Waals surface area contributed by atoms with Gasteiger partial charge in [-0.25, -0.2) is 9.97 Å². The fourth-order valence-corrected chi connectivity index (χ4v) is 4.68. The molecule has 6 nitrogen and oxygen atoms in total. The van der Waals surface area contributed by atoms with E-state index in [-0.39, 0.29) is 5.92 Å². The Morgan fingerprint density at radius 1 is 0.758 bits per heavy atom. The molecule has 6 rings (SSSR count). The molecule has 3 aromatic rings. The summed E-state index contributed by atoms with van der Waals surface area (Å²) < 4.78 is 0. The maximum atomic E-state index is 11.4. The summed E-state index contributed by atoms with van der Waals surface area (Å²) in [4.78, 5) is 28.0. The van der Waals surface area contributed by atoms with Crippen molar-refractivity contribution in [1.82, 2.24) is 19.9 Å². The highest BCUT2D eigenvalue weighted by atomic mass is 16.4. The van der Waals surface area contributed by atoms with Crippen LogP contribution in [-0.4, -0.2) is 31.0 Å². The molecule has 0 saturated carbocycles. The van der Waals surface area contributed by atoms with Crippen LogP contribution in [0.25, 0.3) is 46.4 Å². The summed E-state index contributed by atoms with van der Waals surface area (Å²) in [7, 11) is 0. The van der Waals surface area contributed by atoms with Crippen LogP contribution in [0.1, 0.15) is 47.1 Å². The topological polar surface area (TPSA) is 94.7 Å². The third-order valence-electron chi connectivity index (χ3n) is 6.31. The summed E-state index contributed by atoms with van der Waals surface area (Å²) >= 11 is 0. The molecule has 6 heteroatoms. The highest BCUT2D eigenvalue weighted by Gasteiger charge is 2.26. The van der Waals surface area contributed by atoms with E-state index in [0.29, 0.717) is 6.42 Å². The molecule has 1 aliphatic carbocycles. The molecule has 0 aromatic carbocycles. The Morgan fingerprint density at radius 2 is 1.30 bits per heavy atom. The van der Waals surface area contributed by atoms with Crippen LogP contribution in [0.15, 0.2) is 54.6 Å². The van der Waals surface area contributed by atoms with Gasteiger partial charge >= 0.3 is 5.97 Å². The number of fused-ring (bicyclic) bond motifs is 8. The van der Waals surface area contributed by atoms with E-state index in [9.17, 15) is 9.90 Å². The van der Waals surface area contributed by atoms with Gasteiger partial charge in [0.15, 0.2) is 0 Å². The zero-order valence-electron chi connectivity index (χ0n) is 17.8. The van der Waals surface area contributed by atoms with Gasteiger partial charge in [0.05, 0.1) is 28.7 Å². The Kier molecular flexibility index (Phi) is 4.57. The number of aromatic amines is 2. The van der Waals surface area contributed by atoms with Gasteiger partial charge in [-0.15, -0.1) is 0 Å². The lowest BCUT2D eigenvalue weighted by atomic mass is 9.83. The number of carbonyl (C=O) groups is 1. The second-order valence-electron chi connectivity index (χ2n) is 8.61. The smallest absolute Gasteiger partial charge is 0.310 e. The number of aliphatic carboxylic acids is 1. The molecule has 33 heavy (non-hydrogen) atoms. The van der Waals surface area contributed by atoms with Crippen molar-refractivity contribution in [2.24, 2.45) is 5.92 Å². The number of carboxylic acid groups (broad SMARTS) is 1. The predicted molar refractivity (Wildman–Crippen MR) is 131 cm³/mol. The van der Waals surface area contributed by atoms with Crippen LogP contribution < -0.4 is 0 Å². The maximum absolute atomic E-state index is 11.4. The molecule has 2 unspecified atom stereocenters. The van der Waals surface area contributed by atoms with E-state index < -0.39 is 11.9 Å². The molecular formula is C27H22N4O2. The largest absolute Gasteiger partial charge is 0.481 e. The summed E-state index contributed by atoms with van der Waals surface area (Å²) in [6, 6.07) is 14.3. The average molecular weight is 434 g/mol. The summed E-state index contributed by atoms with van der Waals surface area (Å²) in [6.07, 6.45) is 13.3. The Morgan fingerprint density at radius 3 is 1.79 bits per heavy atom. The van der Waals surface area contributed by atoms with Crippen LogP contribution in [-0.2, 0) is 4.79 Å². The third kappa shape index (κ3) is 3.80. The Hall–Kier alpha value is -4.19. The van der Waals surface area contributed by atoms with Crippen molar-refractivity contribution in [3.05, 3.63) is 83.0 Å². The molecule has 2 aliphatic heterocycles. The molecule has 3 N–H and O–H groups in total.